The van der Waals surface area contributed by atoms with Crippen molar-refractivity contribution in [2.24, 2.45) is 17.8 Å². The molecule has 4 aliphatic carbocycles. The smallest absolute Gasteiger partial charge is 0.120 e. The second-order valence-electron chi connectivity index (χ2n) is 6.28. The molecule has 3 nitrogen and oxygen atoms in total. The number of nitrogens with one attached hydrogen (secondary N) is 2. The van der Waals surface area contributed by atoms with E-state index in [1.807, 2.05) is 6.20 Å². The number of imidazole rings is 1. The van der Waals surface area contributed by atoms with Crippen LogP contribution < -0.4 is 5.32 Å². The van der Waals surface area contributed by atoms with Gasteiger partial charge in [0, 0.05) is 5.54 Å². The topological polar surface area (TPSA) is 40.7 Å². The Morgan fingerprint density at radius 1 is 1.35 bits per heavy atom. The van der Waals surface area contributed by atoms with Crippen molar-refractivity contribution in [2.45, 2.75) is 44.2 Å². The Morgan fingerprint density at radius 2 is 2.12 bits per heavy atom. The van der Waals surface area contributed by atoms with Gasteiger partial charge in [0.05, 0.1) is 12.7 Å². The number of nitrogens with zero attached hydrogens (tertiary/aromatic N) is 1. The lowest BCUT2D eigenvalue weighted by Gasteiger charge is -2.39. The fourth-order valence-electron chi connectivity index (χ4n) is 4.73. The van der Waals surface area contributed by atoms with E-state index in [1.54, 1.807) is 0 Å². The summed E-state index contributed by atoms with van der Waals surface area (Å²) in [7, 11) is 0. The average Bonchev–Trinajstić information content (AvgIpc) is 2.89. The molecule has 2 N–H and O–H groups in total. The quantitative estimate of drug-likeness (QED) is 0.900. The molecule has 0 radical (unpaired) electrons. The average molecular weight is 296 g/mol. The van der Waals surface area contributed by atoms with Crippen molar-refractivity contribution in [3.05, 3.63) is 16.6 Å². The van der Waals surface area contributed by atoms with Gasteiger partial charge in [-0.1, -0.05) is 0 Å². The molecule has 4 saturated carbocycles. The van der Waals surface area contributed by atoms with E-state index in [2.05, 4.69) is 31.2 Å². The summed E-state index contributed by atoms with van der Waals surface area (Å²) in [6, 6.07) is 0. The van der Waals surface area contributed by atoms with Gasteiger partial charge in [-0.3, -0.25) is 0 Å². The van der Waals surface area contributed by atoms with Gasteiger partial charge in [0.15, 0.2) is 0 Å². The summed E-state index contributed by atoms with van der Waals surface area (Å²) in [6.45, 7) is 0.887. The molecular weight excluding hydrogens is 278 g/mol. The van der Waals surface area contributed by atoms with Gasteiger partial charge in [0.2, 0.25) is 0 Å². The van der Waals surface area contributed by atoms with Crippen LogP contribution >= 0.6 is 15.9 Å². The van der Waals surface area contributed by atoms with Crippen molar-refractivity contribution >= 4 is 15.9 Å². The highest BCUT2D eigenvalue weighted by Gasteiger charge is 2.55. The third-order valence-electron chi connectivity index (χ3n) is 5.15. The van der Waals surface area contributed by atoms with Crippen LogP contribution in [0.5, 0.6) is 0 Å². The summed E-state index contributed by atoms with van der Waals surface area (Å²) in [5, 5.41) is 3.80. The van der Waals surface area contributed by atoms with E-state index in [0.717, 1.165) is 34.7 Å². The van der Waals surface area contributed by atoms with Crippen LogP contribution in [0.3, 0.4) is 0 Å². The highest BCUT2D eigenvalue weighted by Crippen LogP contribution is 2.59. The molecule has 4 aliphatic rings. The van der Waals surface area contributed by atoms with Crippen LogP contribution in [0.2, 0.25) is 0 Å². The molecule has 17 heavy (non-hydrogen) atoms. The Morgan fingerprint density at radius 3 is 2.71 bits per heavy atom. The summed E-state index contributed by atoms with van der Waals surface area (Å²) >= 11 is 3.41. The summed E-state index contributed by atoms with van der Waals surface area (Å²) < 4.78 is 0.975. The van der Waals surface area contributed by atoms with Crippen molar-refractivity contribution in [3.63, 3.8) is 0 Å². The number of aromatic nitrogens is 2. The van der Waals surface area contributed by atoms with Crippen molar-refractivity contribution in [1.82, 2.24) is 15.3 Å². The second-order valence-corrected chi connectivity index (χ2v) is 7.14. The van der Waals surface area contributed by atoms with Gasteiger partial charge in [-0.25, -0.2) is 4.98 Å². The maximum Gasteiger partial charge on any atom is 0.120 e. The van der Waals surface area contributed by atoms with Crippen molar-refractivity contribution in [2.75, 3.05) is 0 Å². The van der Waals surface area contributed by atoms with Crippen LogP contribution in [-0.4, -0.2) is 15.5 Å². The van der Waals surface area contributed by atoms with E-state index in [-0.39, 0.29) is 0 Å². The Hall–Kier alpha value is -0.350. The highest BCUT2D eigenvalue weighted by atomic mass is 79.9. The minimum absolute atomic E-state index is 0.454. The molecule has 5 rings (SSSR count). The minimum Gasteiger partial charge on any atom is -0.336 e. The highest BCUT2D eigenvalue weighted by molar-refractivity contribution is 9.10. The van der Waals surface area contributed by atoms with E-state index in [9.17, 15) is 0 Å². The number of rotatable bonds is 3. The molecule has 1 aromatic rings. The Bertz CT molecular complexity index is 422. The normalized spacial score (nSPS) is 42.5. The Kier molecular flexibility index (Phi) is 2.22. The van der Waals surface area contributed by atoms with Crippen molar-refractivity contribution < 1.29 is 0 Å². The molecule has 92 valence electrons. The number of hydrogen-bond acceptors (Lipinski definition) is 2. The van der Waals surface area contributed by atoms with Crippen LogP contribution in [0.4, 0.5) is 0 Å². The SMILES string of the molecule is Brc1cnc(CNC23CC4CC(C2)C(C4)C3)[nH]1. The van der Waals surface area contributed by atoms with E-state index in [4.69, 9.17) is 0 Å². The Balaban J connectivity index is 1.46. The van der Waals surface area contributed by atoms with E-state index >= 15 is 0 Å². The number of hydrogen-bond donors (Lipinski definition) is 2. The molecule has 2 atom stereocenters. The van der Waals surface area contributed by atoms with Gasteiger partial charge >= 0.3 is 0 Å². The molecule has 0 saturated heterocycles. The first-order valence-corrected chi connectivity index (χ1v) is 7.46. The molecule has 1 aromatic heterocycles. The summed E-state index contributed by atoms with van der Waals surface area (Å²) in [4.78, 5) is 7.58. The van der Waals surface area contributed by atoms with Crippen LogP contribution in [-0.2, 0) is 6.54 Å². The molecule has 4 bridgehead atoms. The van der Waals surface area contributed by atoms with Crippen LogP contribution in [0.25, 0.3) is 0 Å². The summed E-state index contributed by atoms with van der Waals surface area (Å²) in [5.74, 6) is 4.13. The first-order valence-electron chi connectivity index (χ1n) is 6.67. The zero-order chi connectivity index (χ0) is 11.5. The first-order chi connectivity index (χ1) is 8.22. The molecule has 0 spiro atoms. The zero-order valence-electron chi connectivity index (χ0n) is 9.88. The summed E-state index contributed by atoms with van der Waals surface area (Å²) in [6.07, 6.45) is 9.10. The maximum atomic E-state index is 4.34. The first kappa shape index (κ1) is 10.6. The van der Waals surface area contributed by atoms with Gasteiger partial charge in [-0.05, 0) is 65.8 Å². The van der Waals surface area contributed by atoms with Gasteiger partial charge < -0.3 is 10.3 Å². The third-order valence-corrected chi connectivity index (χ3v) is 5.56. The number of halogens is 1. The lowest BCUT2D eigenvalue weighted by Crippen LogP contribution is -2.47. The molecule has 0 aromatic carbocycles. The van der Waals surface area contributed by atoms with Gasteiger partial charge in [0.25, 0.3) is 0 Å². The number of H-pyrrole nitrogens is 1. The molecule has 0 amide bonds. The fourth-order valence-corrected chi connectivity index (χ4v) is 5.06. The van der Waals surface area contributed by atoms with Crippen LogP contribution in [0.1, 0.15) is 37.9 Å². The maximum absolute atomic E-state index is 4.34. The molecule has 2 unspecified atom stereocenters. The monoisotopic (exact) mass is 295 g/mol. The second kappa shape index (κ2) is 3.58. The Labute approximate surface area is 110 Å². The summed E-state index contributed by atoms with van der Waals surface area (Å²) in [5.41, 5.74) is 0.454. The van der Waals surface area contributed by atoms with E-state index in [1.165, 1.54) is 32.1 Å². The largest absolute Gasteiger partial charge is 0.336 e. The third kappa shape index (κ3) is 1.68. The predicted molar refractivity (Wildman–Crippen MR) is 69.4 cm³/mol. The fraction of sp³-hybridized carbons (Fsp3) is 0.769. The van der Waals surface area contributed by atoms with Crippen molar-refractivity contribution in [1.29, 1.82) is 0 Å². The van der Waals surface area contributed by atoms with Crippen molar-refractivity contribution in [3.8, 4) is 0 Å². The minimum atomic E-state index is 0.454. The van der Waals surface area contributed by atoms with Gasteiger partial charge in [-0.15, -0.1) is 0 Å². The lowest BCUT2D eigenvalue weighted by atomic mass is 9.76. The van der Waals surface area contributed by atoms with E-state index < -0.39 is 0 Å². The van der Waals surface area contributed by atoms with Crippen LogP contribution in [0.15, 0.2) is 10.8 Å². The molecule has 4 fully saturated rings. The molecule has 4 heteroatoms. The predicted octanol–water partition coefficient (Wildman–Crippen LogP) is 2.84. The standard InChI is InChI=1S/C13H18BrN3/c14-11-6-15-12(17-11)7-16-13-3-8-1-9(4-13)10(2-8)5-13/h6,8-10,16H,1-5,7H2,(H,15,17). The van der Waals surface area contributed by atoms with E-state index in [0.29, 0.717) is 5.54 Å². The van der Waals surface area contributed by atoms with Gasteiger partial charge in [-0.2, -0.15) is 0 Å². The molecular formula is C13H18BrN3. The molecule has 1 heterocycles. The van der Waals surface area contributed by atoms with Crippen LogP contribution in [0, 0.1) is 17.8 Å². The molecule has 0 aliphatic heterocycles. The van der Waals surface area contributed by atoms with Gasteiger partial charge in [0.1, 0.15) is 10.4 Å². The number of aromatic amines is 1. The lowest BCUT2D eigenvalue weighted by molar-refractivity contribution is 0.182. The zero-order valence-corrected chi connectivity index (χ0v) is 11.5.